The van der Waals surface area contributed by atoms with Crippen LogP contribution in [0.3, 0.4) is 0 Å². The van der Waals surface area contributed by atoms with E-state index in [1.165, 1.54) is 0 Å². The Morgan fingerprint density at radius 2 is 2.36 bits per heavy atom. The zero-order valence-electron chi connectivity index (χ0n) is 12.6. The van der Waals surface area contributed by atoms with Gasteiger partial charge in [-0.25, -0.2) is 4.98 Å². The first kappa shape index (κ1) is 15.2. The first-order valence-corrected chi connectivity index (χ1v) is 8.50. The molecule has 3 N–H and O–H groups in total. The first-order chi connectivity index (χ1) is 10.7. The largest absolute Gasteiger partial charge is 0.370 e. The van der Waals surface area contributed by atoms with Gasteiger partial charge in [-0.05, 0) is 38.3 Å². The van der Waals surface area contributed by atoms with E-state index in [4.69, 9.17) is 5.73 Å². The number of Topliss-reactive ketones (excluding diaryl/α,β-unsaturated/α-hetero) is 1. The Kier molecular flexibility index (Phi) is 4.59. The Morgan fingerprint density at radius 1 is 1.50 bits per heavy atom. The molecule has 5 nitrogen and oxygen atoms in total. The Morgan fingerprint density at radius 3 is 3.09 bits per heavy atom. The standard InChI is InChI=1S/C16H20N4OS/c1-2-18-14-7-6-11(9-19-14)15(21)10-4-3-5-12-13(8-10)22-16(17)20-12/h6-10,16H,2-5,17H2,1H3,(H,18,19). The average Bonchev–Trinajstić information content (AvgIpc) is 2.74. The summed E-state index contributed by atoms with van der Waals surface area (Å²) in [5.74, 6) is 0.822. The minimum Gasteiger partial charge on any atom is -0.370 e. The highest BCUT2D eigenvalue weighted by Crippen LogP contribution is 2.35. The zero-order valence-corrected chi connectivity index (χ0v) is 13.4. The molecule has 1 aliphatic heterocycles. The summed E-state index contributed by atoms with van der Waals surface area (Å²) < 4.78 is 0. The number of allylic oxidation sites excluding steroid dienone is 2. The van der Waals surface area contributed by atoms with Crippen LogP contribution in [0.5, 0.6) is 0 Å². The van der Waals surface area contributed by atoms with Gasteiger partial charge in [0.1, 0.15) is 11.3 Å². The molecule has 2 aliphatic rings. The molecule has 1 aliphatic carbocycles. The van der Waals surface area contributed by atoms with E-state index in [1.807, 2.05) is 25.1 Å². The molecular formula is C16H20N4OS. The lowest BCUT2D eigenvalue weighted by molar-refractivity contribution is 0.0939. The molecule has 0 bridgehead atoms. The average molecular weight is 316 g/mol. The van der Waals surface area contributed by atoms with Gasteiger partial charge in [0.15, 0.2) is 5.78 Å². The van der Waals surface area contributed by atoms with Gasteiger partial charge >= 0.3 is 0 Å². The van der Waals surface area contributed by atoms with Crippen LogP contribution < -0.4 is 11.1 Å². The van der Waals surface area contributed by atoms with Gasteiger partial charge < -0.3 is 11.1 Å². The molecule has 1 aromatic rings. The molecule has 2 heterocycles. The number of rotatable bonds is 4. The smallest absolute Gasteiger partial charge is 0.171 e. The lowest BCUT2D eigenvalue weighted by Crippen LogP contribution is -2.13. The quantitative estimate of drug-likeness (QED) is 0.835. The van der Waals surface area contributed by atoms with Crippen molar-refractivity contribution in [3.63, 3.8) is 0 Å². The Balaban J connectivity index is 1.78. The number of pyridine rings is 1. The van der Waals surface area contributed by atoms with Crippen LogP contribution in [-0.4, -0.2) is 28.5 Å². The maximum Gasteiger partial charge on any atom is 0.171 e. The predicted molar refractivity (Wildman–Crippen MR) is 91.2 cm³/mol. The maximum absolute atomic E-state index is 12.7. The second-order valence-corrected chi connectivity index (χ2v) is 6.60. The number of carbonyl (C=O) groups excluding carboxylic acids is 1. The number of aromatic nitrogens is 1. The van der Waals surface area contributed by atoms with Crippen LogP contribution in [0, 0.1) is 5.92 Å². The van der Waals surface area contributed by atoms with Crippen LogP contribution in [0.1, 0.15) is 36.5 Å². The van der Waals surface area contributed by atoms with Gasteiger partial charge in [-0.3, -0.25) is 9.79 Å². The lowest BCUT2D eigenvalue weighted by Gasteiger charge is -2.11. The van der Waals surface area contributed by atoms with Gasteiger partial charge in [-0.1, -0.05) is 17.8 Å². The Hall–Kier alpha value is -1.66. The maximum atomic E-state index is 12.7. The topological polar surface area (TPSA) is 80.4 Å². The van der Waals surface area contributed by atoms with Crippen molar-refractivity contribution in [3.05, 3.63) is 34.9 Å². The second-order valence-electron chi connectivity index (χ2n) is 5.44. The van der Waals surface area contributed by atoms with E-state index in [-0.39, 0.29) is 17.2 Å². The summed E-state index contributed by atoms with van der Waals surface area (Å²) in [5, 5.41) is 3.13. The van der Waals surface area contributed by atoms with Crippen molar-refractivity contribution in [1.29, 1.82) is 0 Å². The first-order valence-electron chi connectivity index (χ1n) is 7.62. The molecule has 22 heavy (non-hydrogen) atoms. The summed E-state index contributed by atoms with van der Waals surface area (Å²) in [7, 11) is 0. The SMILES string of the molecule is CCNc1ccc(C(=O)C2C=C3SC(N)N=C3CCC2)cn1. The minimum absolute atomic E-state index is 0.104. The number of nitrogens with two attached hydrogens (primary N) is 1. The van der Waals surface area contributed by atoms with E-state index in [2.05, 4.69) is 15.3 Å². The molecule has 0 saturated carbocycles. The van der Waals surface area contributed by atoms with Crippen LogP contribution in [0.2, 0.25) is 0 Å². The Bertz CT molecular complexity index is 624. The van der Waals surface area contributed by atoms with Crippen molar-refractivity contribution in [2.75, 3.05) is 11.9 Å². The highest BCUT2D eigenvalue weighted by Gasteiger charge is 2.27. The summed E-state index contributed by atoms with van der Waals surface area (Å²) in [6.07, 6.45) is 6.43. The van der Waals surface area contributed by atoms with E-state index < -0.39 is 0 Å². The van der Waals surface area contributed by atoms with Gasteiger partial charge in [0, 0.05) is 29.1 Å². The molecular weight excluding hydrogens is 296 g/mol. The number of nitrogens with one attached hydrogen (secondary N) is 1. The van der Waals surface area contributed by atoms with E-state index in [0.29, 0.717) is 5.56 Å². The fourth-order valence-electron chi connectivity index (χ4n) is 2.77. The molecule has 0 saturated heterocycles. The van der Waals surface area contributed by atoms with E-state index in [9.17, 15) is 4.79 Å². The number of fused-ring (bicyclic) bond motifs is 1. The molecule has 0 radical (unpaired) electrons. The van der Waals surface area contributed by atoms with Crippen LogP contribution in [0.4, 0.5) is 5.82 Å². The predicted octanol–water partition coefficient (Wildman–Crippen LogP) is 2.81. The molecule has 1 aromatic heterocycles. The van der Waals surface area contributed by atoms with Crippen LogP contribution >= 0.6 is 11.8 Å². The van der Waals surface area contributed by atoms with Gasteiger partial charge in [0.05, 0.1) is 5.71 Å². The molecule has 0 fully saturated rings. The zero-order chi connectivity index (χ0) is 15.5. The third kappa shape index (κ3) is 3.23. The third-order valence-electron chi connectivity index (χ3n) is 3.84. The van der Waals surface area contributed by atoms with Gasteiger partial charge in [0.2, 0.25) is 0 Å². The number of aliphatic imine (C=N–C) groups is 1. The lowest BCUT2D eigenvalue weighted by atomic mass is 9.94. The van der Waals surface area contributed by atoms with Gasteiger partial charge in [-0.15, -0.1) is 0 Å². The summed E-state index contributed by atoms with van der Waals surface area (Å²) >= 11 is 1.55. The minimum atomic E-state index is -0.212. The number of thioether (sulfide) groups is 1. The molecule has 0 spiro atoms. The Labute approximate surface area is 134 Å². The highest BCUT2D eigenvalue weighted by molar-refractivity contribution is 8.04. The monoisotopic (exact) mass is 316 g/mol. The molecule has 116 valence electrons. The molecule has 2 atom stereocenters. The molecule has 0 amide bonds. The number of anilines is 1. The fraction of sp³-hybridized carbons (Fsp3) is 0.438. The van der Waals surface area contributed by atoms with Crippen LogP contribution in [0.15, 0.2) is 34.3 Å². The van der Waals surface area contributed by atoms with Crippen molar-refractivity contribution in [1.82, 2.24) is 4.98 Å². The summed E-state index contributed by atoms with van der Waals surface area (Å²) in [5.41, 5.74) is 7.37. The third-order valence-corrected chi connectivity index (χ3v) is 4.81. The second kappa shape index (κ2) is 6.62. The van der Waals surface area contributed by atoms with Crippen LogP contribution in [-0.2, 0) is 0 Å². The number of nitrogens with zero attached hydrogens (tertiary/aromatic N) is 2. The number of carbonyl (C=O) groups is 1. The summed E-state index contributed by atoms with van der Waals surface area (Å²) in [6.45, 7) is 2.83. The van der Waals surface area contributed by atoms with Crippen molar-refractivity contribution >= 4 is 29.1 Å². The van der Waals surface area contributed by atoms with Gasteiger partial charge in [0.25, 0.3) is 0 Å². The van der Waals surface area contributed by atoms with Crippen LogP contribution in [0.25, 0.3) is 0 Å². The van der Waals surface area contributed by atoms with Crippen molar-refractivity contribution < 1.29 is 4.79 Å². The normalized spacial score (nSPS) is 24.1. The highest BCUT2D eigenvalue weighted by atomic mass is 32.2. The number of hydrogen-bond donors (Lipinski definition) is 2. The number of ketones is 1. The fourth-order valence-corrected chi connectivity index (χ4v) is 3.74. The van der Waals surface area contributed by atoms with Crippen molar-refractivity contribution in [3.8, 4) is 0 Å². The van der Waals surface area contributed by atoms with Crippen molar-refractivity contribution in [2.24, 2.45) is 16.6 Å². The van der Waals surface area contributed by atoms with Gasteiger partial charge in [-0.2, -0.15) is 0 Å². The number of hydrogen-bond acceptors (Lipinski definition) is 6. The van der Waals surface area contributed by atoms with E-state index in [0.717, 1.165) is 42.2 Å². The molecule has 3 rings (SSSR count). The van der Waals surface area contributed by atoms with Crippen molar-refractivity contribution in [2.45, 2.75) is 31.7 Å². The van der Waals surface area contributed by atoms with E-state index in [1.54, 1.807) is 18.0 Å². The molecule has 0 aromatic carbocycles. The van der Waals surface area contributed by atoms with E-state index >= 15 is 0 Å². The summed E-state index contributed by atoms with van der Waals surface area (Å²) in [6, 6.07) is 3.70. The molecule has 2 unspecified atom stereocenters. The summed E-state index contributed by atoms with van der Waals surface area (Å²) in [4.78, 5) is 22.5. The molecule has 6 heteroatoms.